The van der Waals surface area contributed by atoms with Crippen molar-refractivity contribution in [3.63, 3.8) is 0 Å². The zero-order chi connectivity index (χ0) is 15.1. The summed E-state index contributed by atoms with van der Waals surface area (Å²) in [5.74, 6) is 1.56. The van der Waals surface area contributed by atoms with Crippen LogP contribution in [0.25, 0.3) is 0 Å². The summed E-state index contributed by atoms with van der Waals surface area (Å²) in [6.45, 7) is 0.680. The number of benzene rings is 1. The maximum Gasteiger partial charge on any atom is 0.142 e. The Balaban J connectivity index is 1.45. The Morgan fingerprint density at radius 3 is 2.73 bits per heavy atom. The van der Waals surface area contributed by atoms with Crippen LogP contribution in [-0.2, 0) is 0 Å². The smallest absolute Gasteiger partial charge is 0.142 e. The highest BCUT2D eigenvalue weighted by molar-refractivity contribution is 5.58. The van der Waals surface area contributed by atoms with Gasteiger partial charge in [0.1, 0.15) is 12.4 Å². The molecule has 0 saturated carbocycles. The van der Waals surface area contributed by atoms with Gasteiger partial charge in [0.25, 0.3) is 0 Å². The number of piperidine rings is 2. The second kappa shape index (κ2) is 5.74. The molecule has 4 unspecified atom stereocenters. The van der Waals surface area contributed by atoms with E-state index in [1.807, 2.05) is 18.2 Å². The number of fused-ring (bicyclic) bond motifs is 3. The molecule has 4 nitrogen and oxygen atoms in total. The lowest BCUT2D eigenvalue weighted by Gasteiger charge is -2.49. The minimum atomic E-state index is 0.171. The second-order valence-electron chi connectivity index (χ2n) is 7.27. The van der Waals surface area contributed by atoms with Crippen molar-refractivity contribution in [1.29, 1.82) is 0 Å². The van der Waals surface area contributed by atoms with E-state index in [1.54, 1.807) is 0 Å². The zero-order valence-corrected chi connectivity index (χ0v) is 13.4. The summed E-state index contributed by atoms with van der Waals surface area (Å²) in [6.07, 6.45) is 6.56. The molecule has 1 aromatic carbocycles. The number of para-hydroxylation sites is 2. The maximum absolute atomic E-state index is 6.67. The number of hydrogen-bond acceptors (Lipinski definition) is 4. The SMILES string of the molecule is CN1C2CCCC1CC(C(N)C1COc3ccccc3N1)C2. The fourth-order valence-electron chi connectivity index (χ4n) is 4.64. The fourth-order valence-corrected chi connectivity index (χ4v) is 4.64. The van der Waals surface area contributed by atoms with Crippen molar-refractivity contribution in [2.45, 2.75) is 56.3 Å². The molecular formula is C18H27N3O. The van der Waals surface area contributed by atoms with E-state index in [2.05, 4.69) is 23.3 Å². The van der Waals surface area contributed by atoms with Crippen LogP contribution in [0.5, 0.6) is 5.75 Å². The first-order valence-corrected chi connectivity index (χ1v) is 8.68. The molecule has 2 fully saturated rings. The lowest BCUT2D eigenvalue weighted by molar-refractivity contribution is 0.0252. The lowest BCUT2D eigenvalue weighted by Crippen LogP contribution is -2.57. The van der Waals surface area contributed by atoms with E-state index in [9.17, 15) is 0 Å². The molecule has 0 aromatic heterocycles. The lowest BCUT2D eigenvalue weighted by atomic mass is 9.74. The summed E-state index contributed by atoms with van der Waals surface area (Å²) < 4.78 is 5.91. The van der Waals surface area contributed by atoms with Crippen molar-refractivity contribution in [2.75, 3.05) is 19.0 Å². The molecule has 22 heavy (non-hydrogen) atoms. The third-order valence-corrected chi connectivity index (χ3v) is 6.03. The van der Waals surface area contributed by atoms with Crippen LogP contribution in [0.15, 0.2) is 24.3 Å². The topological polar surface area (TPSA) is 50.5 Å². The van der Waals surface area contributed by atoms with Crippen LogP contribution in [0, 0.1) is 5.92 Å². The summed E-state index contributed by atoms with van der Waals surface area (Å²) in [6, 6.07) is 10.0. The Bertz CT molecular complexity index is 521. The first kappa shape index (κ1) is 14.3. The minimum absolute atomic E-state index is 0.171. The van der Waals surface area contributed by atoms with Crippen molar-refractivity contribution >= 4 is 5.69 Å². The van der Waals surface area contributed by atoms with Gasteiger partial charge in [-0.1, -0.05) is 18.6 Å². The number of nitrogens with one attached hydrogen (secondary N) is 1. The molecule has 4 rings (SSSR count). The van der Waals surface area contributed by atoms with Crippen LogP contribution in [0.3, 0.4) is 0 Å². The van der Waals surface area contributed by atoms with Crippen LogP contribution < -0.4 is 15.8 Å². The first-order valence-electron chi connectivity index (χ1n) is 8.68. The van der Waals surface area contributed by atoms with Crippen molar-refractivity contribution in [2.24, 2.45) is 11.7 Å². The van der Waals surface area contributed by atoms with Gasteiger partial charge in [0.05, 0.1) is 11.7 Å². The van der Waals surface area contributed by atoms with Crippen LogP contribution in [0.4, 0.5) is 5.69 Å². The van der Waals surface area contributed by atoms with Gasteiger partial charge in [-0.2, -0.15) is 0 Å². The van der Waals surface area contributed by atoms with Crippen LogP contribution in [0.1, 0.15) is 32.1 Å². The van der Waals surface area contributed by atoms with Crippen LogP contribution in [0.2, 0.25) is 0 Å². The van der Waals surface area contributed by atoms with Crippen molar-refractivity contribution in [3.05, 3.63) is 24.3 Å². The Morgan fingerprint density at radius 1 is 1.23 bits per heavy atom. The number of ether oxygens (including phenoxy) is 1. The Morgan fingerprint density at radius 2 is 1.95 bits per heavy atom. The van der Waals surface area contributed by atoms with Gasteiger partial charge in [-0.05, 0) is 50.8 Å². The van der Waals surface area contributed by atoms with Gasteiger partial charge >= 0.3 is 0 Å². The van der Waals surface area contributed by atoms with Crippen molar-refractivity contribution < 1.29 is 4.74 Å². The first-order chi connectivity index (χ1) is 10.7. The molecule has 3 aliphatic heterocycles. The summed E-state index contributed by atoms with van der Waals surface area (Å²) in [5, 5.41) is 3.61. The predicted octanol–water partition coefficient (Wildman–Crippen LogP) is 2.45. The predicted molar refractivity (Wildman–Crippen MR) is 89.2 cm³/mol. The molecule has 0 radical (unpaired) electrons. The quantitative estimate of drug-likeness (QED) is 0.881. The van der Waals surface area contributed by atoms with Gasteiger partial charge in [-0.15, -0.1) is 0 Å². The number of rotatable bonds is 2. The Kier molecular flexibility index (Phi) is 3.74. The molecule has 2 bridgehead atoms. The van der Waals surface area contributed by atoms with Crippen LogP contribution in [-0.4, -0.2) is 42.7 Å². The van der Waals surface area contributed by atoms with Gasteiger partial charge in [0.2, 0.25) is 0 Å². The number of nitrogens with zero attached hydrogens (tertiary/aromatic N) is 1. The van der Waals surface area contributed by atoms with E-state index in [4.69, 9.17) is 10.5 Å². The molecular weight excluding hydrogens is 274 g/mol. The molecule has 3 aliphatic rings. The molecule has 4 heteroatoms. The van der Waals surface area contributed by atoms with E-state index in [1.165, 1.54) is 32.1 Å². The molecule has 3 N–H and O–H groups in total. The van der Waals surface area contributed by atoms with E-state index >= 15 is 0 Å². The molecule has 2 saturated heterocycles. The van der Waals surface area contributed by atoms with E-state index < -0.39 is 0 Å². The van der Waals surface area contributed by atoms with Crippen LogP contribution >= 0.6 is 0 Å². The molecule has 3 heterocycles. The molecule has 0 spiro atoms. The molecule has 0 amide bonds. The third kappa shape index (κ3) is 2.48. The summed E-state index contributed by atoms with van der Waals surface area (Å²) in [7, 11) is 2.30. The van der Waals surface area contributed by atoms with Crippen molar-refractivity contribution in [3.8, 4) is 5.75 Å². The highest BCUT2D eigenvalue weighted by Gasteiger charge is 2.40. The van der Waals surface area contributed by atoms with Crippen molar-refractivity contribution in [1.82, 2.24) is 4.90 Å². The summed E-state index contributed by atoms with van der Waals surface area (Å²) in [4.78, 5) is 2.60. The second-order valence-corrected chi connectivity index (χ2v) is 7.27. The average Bonchev–Trinajstić information content (AvgIpc) is 2.53. The Labute approximate surface area is 133 Å². The molecule has 1 aromatic rings. The standard InChI is InChI=1S/C18H27N3O/c1-21-13-5-4-6-14(21)10-12(9-13)18(19)16-11-22-17-8-3-2-7-15(17)20-16/h2-3,7-8,12-14,16,18,20H,4-6,9-11,19H2,1H3. The van der Waals surface area contributed by atoms with Gasteiger partial charge in [0.15, 0.2) is 0 Å². The third-order valence-electron chi connectivity index (χ3n) is 6.03. The summed E-state index contributed by atoms with van der Waals surface area (Å²) >= 11 is 0. The molecule has 0 aliphatic carbocycles. The number of anilines is 1. The largest absolute Gasteiger partial charge is 0.489 e. The fraction of sp³-hybridized carbons (Fsp3) is 0.667. The molecule has 120 valence electrons. The van der Waals surface area contributed by atoms with Gasteiger partial charge < -0.3 is 20.7 Å². The summed E-state index contributed by atoms with van der Waals surface area (Å²) in [5.41, 5.74) is 7.75. The molecule has 4 atom stereocenters. The average molecular weight is 301 g/mol. The monoisotopic (exact) mass is 301 g/mol. The van der Waals surface area contributed by atoms with E-state index in [-0.39, 0.29) is 12.1 Å². The van der Waals surface area contributed by atoms with Gasteiger partial charge in [-0.3, -0.25) is 0 Å². The highest BCUT2D eigenvalue weighted by atomic mass is 16.5. The minimum Gasteiger partial charge on any atom is -0.489 e. The normalized spacial score (nSPS) is 35.9. The number of nitrogens with two attached hydrogens (primary N) is 1. The van der Waals surface area contributed by atoms with E-state index in [0.717, 1.165) is 23.5 Å². The number of hydrogen-bond donors (Lipinski definition) is 2. The Hall–Kier alpha value is -1.26. The highest BCUT2D eigenvalue weighted by Crippen LogP contribution is 2.38. The zero-order valence-electron chi connectivity index (χ0n) is 13.4. The van der Waals surface area contributed by atoms with Gasteiger partial charge in [0, 0.05) is 18.1 Å². The van der Waals surface area contributed by atoms with Gasteiger partial charge in [-0.25, -0.2) is 0 Å². The maximum atomic E-state index is 6.67. The van der Waals surface area contributed by atoms with E-state index in [0.29, 0.717) is 12.5 Å².